The topological polar surface area (TPSA) is 18.5 Å². The zero-order chi connectivity index (χ0) is 19.4. The van der Waals surface area contributed by atoms with Crippen molar-refractivity contribution in [1.82, 2.24) is 0 Å². The van der Waals surface area contributed by atoms with Gasteiger partial charge in [-0.3, -0.25) is 0 Å². The van der Waals surface area contributed by atoms with Gasteiger partial charge in [-0.15, -0.1) is 0 Å². The first-order valence-electron chi connectivity index (χ1n) is 10.9. The highest BCUT2D eigenvalue weighted by Crippen LogP contribution is 2.60. The van der Waals surface area contributed by atoms with Crippen LogP contribution in [0.15, 0.2) is 48.6 Å². The van der Waals surface area contributed by atoms with Crippen LogP contribution in [0.2, 0.25) is 0 Å². The second-order valence-electron chi connectivity index (χ2n) is 8.99. The molecule has 0 aliphatic carbocycles. The second-order valence-corrected chi connectivity index (χ2v) is 8.99. The first-order chi connectivity index (χ1) is 13.5. The summed E-state index contributed by atoms with van der Waals surface area (Å²) in [6, 6.07) is 9.58. The van der Waals surface area contributed by atoms with Crippen LogP contribution in [0, 0.1) is 0 Å². The average Bonchev–Trinajstić information content (AvgIpc) is 3.46. The number of hydrogen-bond acceptors (Lipinski definition) is 2. The SMILES string of the molecule is CCC12C=CC(CC)(O1)c1cc3cc4c(cc3cc12)C1(CC)C=CC4(CC)O1. The van der Waals surface area contributed by atoms with Gasteiger partial charge in [-0.05, 0) is 107 Å². The summed E-state index contributed by atoms with van der Waals surface area (Å²) in [5.41, 5.74) is 4.46. The fourth-order valence-electron chi connectivity index (χ4n) is 6.18. The molecular formula is C26H28O2. The van der Waals surface area contributed by atoms with E-state index in [1.807, 2.05) is 0 Å². The molecule has 4 unspecified atom stereocenters. The summed E-state index contributed by atoms with van der Waals surface area (Å²) in [6.45, 7) is 8.92. The highest BCUT2D eigenvalue weighted by Gasteiger charge is 2.56. The highest BCUT2D eigenvalue weighted by molar-refractivity contribution is 5.88. The molecule has 2 aromatic carbocycles. The Morgan fingerprint density at radius 2 is 0.750 bits per heavy atom. The monoisotopic (exact) mass is 372 g/mol. The first kappa shape index (κ1) is 17.0. The van der Waals surface area contributed by atoms with Crippen LogP contribution in [0.4, 0.5) is 0 Å². The van der Waals surface area contributed by atoms with E-state index in [1.165, 1.54) is 33.0 Å². The van der Waals surface area contributed by atoms with Crippen molar-refractivity contribution in [1.29, 1.82) is 0 Å². The normalized spacial score (nSPS) is 38.6. The van der Waals surface area contributed by atoms with Crippen LogP contribution in [0.5, 0.6) is 0 Å². The summed E-state index contributed by atoms with van der Waals surface area (Å²) in [7, 11) is 0. The molecule has 2 aromatic rings. The van der Waals surface area contributed by atoms with E-state index in [-0.39, 0.29) is 22.4 Å². The fourth-order valence-corrected chi connectivity index (χ4v) is 6.18. The molecule has 4 atom stereocenters. The molecule has 0 aromatic heterocycles. The van der Waals surface area contributed by atoms with E-state index in [1.54, 1.807) is 0 Å². The third kappa shape index (κ3) is 1.66. The number of fused-ring (bicyclic) bond motifs is 11. The van der Waals surface area contributed by atoms with Crippen LogP contribution in [0.25, 0.3) is 10.8 Å². The Labute approximate surface area is 167 Å². The molecule has 0 fully saturated rings. The van der Waals surface area contributed by atoms with Crippen LogP contribution in [0.1, 0.15) is 75.6 Å². The summed E-state index contributed by atoms with van der Waals surface area (Å²) >= 11 is 0. The lowest BCUT2D eigenvalue weighted by atomic mass is 9.75. The fraction of sp³-hybridized carbons (Fsp3) is 0.462. The number of rotatable bonds is 4. The van der Waals surface area contributed by atoms with Crippen molar-refractivity contribution in [2.75, 3.05) is 0 Å². The Balaban J connectivity index is 1.64. The van der Waals surface area contributed by atoms with Crippen LogP contribution < -0.4 is 0 Å². The summed E-state index contributed by atoms with van der Waals surface area (Å²) in [4.78, 5) is 0. The van der Waals surface area contributed by atoms with Gasteiger partial charge in [0.05, 0.1) is 0 Å². The highest BCUT2D eigenvalue weighted by atomic mass is 16.5. The predicted octanol–water partition coefficient (Wildman–Crippen LogP) is 6.46. The molecule has 28 heavy (non-hydrogen) atoms. The lowest BCUT2D eigenvalue weighted by molar-refractivity contribution is -0.0742. The van der Waals surface area contributed by atoms with Gasteiger partial charge in [-0.2, -0.15) is 0 Å². The summed E-state index contributed by atoms with van der Waals surface area (Å²) < 4.78 is 13.4. The Hall–Kier alpha value is -1.90. The van der Waals surface area contributed by atoms with Gasteiger partial charge < -0.3 is 9.47 Å². The molecule has 0 saturated heterocycles. The average molecular weight is 373 g/mol. The van der Waals surface area contributed by atoms with Gasteiger partial charge in [-0.1, -0.05) is 27.7 Å². The molecule has 0 saturated carbocycles. The van der Waals surface area contributed by atoms with Gasteiger partial charge in [0, 0.05) is 0 Å². The van der Waals surface area contributed by atoms with Crippen molar-refractivity contribution in [3.63, 3.8) is 0 Å². The Bertz CT molecular complexity index is 930. The molecule has 0 radical (unpaired) electrons. The number of benzene rings is 2. The molecule has 4 aliphatic rings. The number of hydrogen-bond donors (Lipinski definition) is 0. The van der Waals surface area contributed by atoms with Gasteiger partial charge in [0.2, 0.25) is 0 Å². The van der Waals surface area contributed by atoms with Crippen molar-refractivity contribution in [3.05, 3.63) is 70.8 Å². The van der Waals surface area contributed by atoms with Crippen LogP contribution in [-0.4, -0.2) is 0 Å². The van der Waals surface area contributed by atoms with Crippen molar-refractivity contribution in [2.45, 2.75) is 75.8 Å². The number of ether oxygens (including phenoxy) is 2. The maximum Gasteiger partial charge on any atom is 0.113 e. The minimum Gasteiger partial charge on any atom is -0.351 e. The van der Waals surface area contributed by atoms with Crippen LogP contribution >= 0.6 is 0 Å². The quantitative estimate of drug-likeness (QED) is 0.573. The zero-order valence-electron chi connectivity index (χ0n) is 17.3. The van der Waals surface area contributed by atoms with E-state index in [0.717, 1.165) is 25.7 Å². The van der Waals surface area contributed by atoms with E-state index in [9.17, 15) is 0 Å². The molecule has 2 heteroatoms. The molecule has 2 nitrogen and oxygen atoms in total. The van der Waals surface area contributed by atoms with Crippen LogP contribution in [-0.2, 0) is 31.9 Å². The molecule has 0 amide bonds. The van der Waals surface area contributed by atoms with Gasteiger partial charge in [0.25, 0.3) is 0 Å². The molecule has 4 bridgehead atoms. The molecule has 0 spiro atoms. The van der Waals surface area contributed by atoms with Crippen molar-refractivity contribution in [3.8, 4) is 0 Å². The first-order valence-corrected chi connectivity index (χ1v) is 10.9. The van der Waals surface area contributed by atoms with Crippen molar-refractivity contribution < 1.29 is 9.47 Å². The molecular weight excluding hydrogens is 344 g/mol. The summed E-state index contributed by atoms with van der Waals surface area (Å²) in [5, 5.41) is 2.62. The third-order valence-corrected chi connectivity index (χ3v) is 8.01. The van der Waals surface area contributed by atoms with Crippen molar-refractivity contribution in [2.24, 2.45) is 0 Å². The van der Waals surface area contributed by atoms with Crippen LogP contribution in [0.3, 0.4) is 0 Å². The smallest absolute Gasteiger partial charge is 0.113 e. The molecule has 144 valence electrons. The predicted molar refractivity (Wildman–Crippen MR) is 112 cm³/mol. The summed E-state index contributed by atoms with van der Waals surface area (Å²) in [6.07, 6.45) is 13.1. The molecule has 0 N–H and O–H groups in total. The van der Waals surface area contributed by atoms with E-state index < -0.39 is 0 Å². The van der Waals surface area contributed by atoms with Crippen molar-refractivity contribution >= 4 is 10.8 Å². The van der Waals surface area contributed by atoms with Gasteiger partial charge in [-0.25, -0.2) is 0 Å². The lowest BCUT2D eigenvalue weighted by Gasteiger charge is -2.24. The molecule has 4 heterocycles. The second kappa shape index (κ2) is 4.98. The minimum absolute atomic E-state index is 0.249. The largest absolute Gasteiger partial charge is 0.351 e. The standard InChI is InChI=1S/C26H28O2/c1-5-23-9-10-24(6-2,27-23)20-14-18-16-22-21(15-17(18)13-19(20)23)25(7-3)11-12-26(22,8-4)28-25/h9-16H,5-8H2,1-4H3. The van der Waals surface area contributed by atoms with E-state index >= 15 is 0 Å². The van der Waals surface area contributed by atoms with E-state index in [4.69, 9.17) is 9.47 Å². The minimum atomic E-state index is -0.249. The van der Waals surface area contributed by atoms with Gasteiger partial charge >= 0.3 is 0 Å². The Morgan fingerprint density at radius 1 is 0.500 bits per heavy atom. The lowest BCUT2D eigenvalue weighted by Crippen LogP contribution is -2.22. The Kier molecular flexibility index (Phi) is 3.02. The molecule has 6 rings (SSSR count). The zero-order valence-corrected chi connectivity index (χ0v) is 17.3. The van der Waals surface area contributed by atoms with E-state index in [2.05, 4.69) is 76.3 Å². The molecule has 4 aliphatic heterocycles. The van der Waals surface area contributed by atoms with Gasteiger partial charge in [0.1, 0.15) is 22.4 Å². The van der Waals surface area contributed by atoms with Gasteiger partial charge in [0.15, 0.2) is 0 Å². The maximum atomic E-state index is 6.68. The van der Waals surface area contributed by atoms with E-state index in [0.29, 0.717) is 0 Å². The summed E-state index contributed by atoms with van der Waals surface area (Å²) in [5.74, 6) is 0. The third-order valence-electron chi connectivity index (χ3n) is 8.01. The maximum absolute atomic E-state index is 6.68. The Morgan fingerprint density at radius 3 is 0.964 bits per heavy atom.